The zero-order valence-electron chi connectivity index (χ0n) is 11.1. The zero-order valence-corrected chi connectivity index (χ0v) is 11.1. The fourth-order valence-electron chi connectivity index (χ4n) is 1.73. The maximum Gasteiger partial charge on any atom is 0.180 e. The van der Waals surface area contributed by atoms with Crippen molar-refractivity contribution in [1.29, 1.82) is 0 Å². The van der Waals surface area contributed by atoms with Crippen molar-refractivity contribution in [3.63, 3.8) is 0 Å². The summed E-state index contributed by atoms with van der Waals surface area (Å²) in [5, 5.41) is 7.47. The van der Waals surface area contributed by atoms with Crippen LogP contribution in [0.4, 0.5) is 5.82 Å². The predicted octanol–water partition coefficient (Wildman–Crippen LogP) is 2.26. The van der Waals surface area contributed by atoms with Crippen molar-refractivity contribution in [2.75, 3.05) is 11.9 Å². The standard InChI is InChI=1S/C13H19N5/c1-4-7-14-12-9-10(5-2)16-13(17-12)11-6-8-15-18(11)3/h6,8-9H,4-5,7H2,1-3H3,(H,14,16,17). The van der Waals surface area contributed by atoms with Gasteiger partial charge in [-0.2, -0.15) is 5.10 Å². The number of anilines is 1. The molecule has 0 fully saturated rings. The molecule has 0 aromatic carbocycles. The molecule has 5 heteroatoms. The van der Waals surface area contributed by atoms with Crippen LogP contribution in [-0.2, 0) is 13.5 Å². The molecule has 2 aromatic rings. The van der Waals surface area contributed by atoms with Gasteiger partial charge in [-0.15, -0.1) is 0 Å². The molecule has 0 unspecified atom stereocenters. The van der Waals surface area contributed by atoms with Gasteiger partial charge in [0.1, 0.15) is 11.5 Å². The van der Waals surface area contributed by atoms with Gasteiger partial charge in [-0.1, -0.05) is 13.8 Å². The molecule has 2 aromatic heterocycles. The summed E-state index contributed by atoms with van der Waals surface area (Å²) in [7, 11) is 1.90. The Balaban J connectivity index is 2.38. The summed E-state index contributed by atoms with van der Waals surface area (Å²) >= 11 is 0. The largest absolute Gasteiger partial charge is 0.370 e. The molecule has 0 radical (unpaired) electrons. The SMILES string of the molecule is CCCNc1cc(CC)nc(-c2ccnn2C)n1. The second kappa shape index (κ2) is 5.62. The summed E-state index contributed by atoms with van der Waals surface area (Å²) < 4.78 is 1.79. The van der Waals surface area contributed by atoms with E-state index in [1.54, 1.807) is 10.9 Å². The zero-order chi connectivity index (χ0) is 13.0. The Bertz CT molecular complexity index is 518. The van der Waals surface area contributed by atoms with Gasteiger partial charge in [-0.25, -0.2) is 9.97 Å². The molecular weight excluding hydrogens is 226 g/mol. The smallest absolute Gasteiger partial charge is 0.180 e. The quantitative estimate of drug-likeness (QED) is 0.878. The topological polar surface area (TPSA) is 55.6 Å². The molecule has 0 bridgehead atoms. The molecule has 0 aliphatic rings. The van der Waals surface area contributed by atoms with Gasteiger partial charge in [0.2, 0.25) is 0 Å². The van der Waals surface area contributed by atoms with E-state index in [-0.39, 0.29) is 0 Å². The third-order valence-corrected chi connectivity index (χ3v) is 2.75. The van der Waals surface area contributed by atoms with Crippen molar-refractivity contribution in [3.8, 4) is 11.5 Å². The van der Waals surface area contributed by atoms with Crippen molar-refractivity contribution in [2.24, 2.45) is 7.05 Å². The molecule has 0 aliphatic heterocycles. The monoisotopic (exact) mass is 245 g/mol. The minimum Gasteiger partial charge on any atom is -0.370 e. The number of aryl methyl sites for hydroxylation is 2. The van der Waals surface area contributed by atoms with Crippen molar-refractivity contribution in [3.05, 3.63) is 24.0 Å². The van der Waals surface area contributed by atoms with Gasteiger partial charge in [0.15, 0.2) is 5.82 Å². The van der Waals surface area contributed by atoms with E-state index in [4.69, 9.17) is 0 Å². The van der Waals surface area contributed by atoms with Crippen LogP contribution in [0.25, 0.3) is 11.5 Å². The first-order valence-electron chi connectivity index (χ1n) is 6.34. The molecule has 2 heterocycles. The Labute approximate surface area is 107 Å². The number of nitrogens with one attached hydrogen (secondary N) is 1. The highest BCUT2D eigenvalue weighted by molar-refractivity contribution is 5.53. The highest BCUT2D eigenvalue weighted by Crippen LogP contribution is 2.17. The fraction of sp³-hybridized carbons (Fsp3) is 0.462. The average molecular weight is 245 g/mol. The number of hydrogen-bond donors (Lipinski definition) is 1. The summed E-state index contributed by atoms with van der Waals surface area (Å²) in [5.74, 6) is 1.62. The average Bonchev–Trinajstić information content (AvgIpc) is 2.82. The lowest BCUT2D eigenvalue weighted by Gasteiger charge is -2.08. The first kappa shape index (κ1) is 12.5. The Morgan fingerprint density at radius 3 is 2.72 bits per heavy atom. The molecule has 2 rings (SSSR count). The van der Waals surface area contributed by atoms with Crippen molar-refractivity contribution in [1.82, 2.24) is 19.7 Å². The van der Waals surface area contributed by atoms with E-state index in [0.717, 1.165) is 42.4 Å². The Morgan fingerprint density at radius 1 is 1.28 bits per heavy atom. The second-order valence-corrected chi connectivity index (χ2v) is 4.19. The van der Waals surface area contributed by atoms with Crippen LogP contribution in [0.5, 0.6) is 0 Å². The lowest BCUT2D eigenvalue weighted by molar-refractivity contribution is 0.768. The van der Waals surface area contributed by atoms with E-state index in [1.165, 1.54) is 0 Å². The summed E-state index contributed by atoms with van der Waals surface area (Å²) in [4.78, 5) is 9.09. The Kier molecular flexibility index (Phi) is 3.92. The van der Waals surface area contributed by atoms with E-state index in [1.807, 2.05) is 19.2 Å². The van der Waals surface area contributed by atoms with E-state index >= 15 is 0 Å². The number of hydrogen-bond acceptors (Lipinski definition) is 4. The van der Waals surface area contributed by atoms with Gasteiger partial charge in [0, 0.05) is 31.5 Å². The summed E-state index contributed by atoms with van der Waals surface area (Å²) in [6.07, 6.45) is 3.73. The first-order chi connectivity index (χ1) is 8.74. The molecule has 0 amide bonds. The molecule has 18 heavy (non-hydrogen) atoms. The van der Waals surface area contributed by atoms with Gasteiger partial charge in [-0.3, -0.25) is 4.68 Å². The van der Waals surface area contributed by atoms with Crippen molar-refractivity contribution < 1.29 is 0 Å². The summed E-state index contributed by atoms with van der Waals surface area (Å²) in [6, 6.07) is 3.94. The molecule has 5 nitrogen and oxygen atoms in total. The van der Waals surface area contributed by atoms with Gasteiger partial charge in [0.25, 0.3) is 0 Å². The second-order valence-electron chi connectivity index (χ2n) is 4.19. The van der Waals surface area contributed by atoms with Crippen LogP contribution in [-0.4, -0.2) is 26.3 Å². The minimum absolute atomic E-state index is 0.730. The summed E-state index contributed by atoms with van der Waals surface area (Å²) in [6.45, 7) is 5.15. The van der Waals surface area contributed by atoms with E-state index in [0.29, 0.717) is 0 Å². The Morgan fingerprint density at radius 2 is 2.11 bits per heavy atom. The highest BCUT2D eigenvalue weighted by Gasteiger charge is 2.09. The molecule has 96 valence electrons. The molecule has 0 atom stereocenters. The fourth-order valence-corrected chi connectivity index (χ4v) is 1.73. The van der Waals surface area contributed by atoms with E-state index < -0.39 is 0 Å². The summed E-state index contributed by atoms with van der Waals surface area (Å²) in [5.41, 5.74) is 1.98. The van der Waals surface area contributed by atoms with Crippen LogP contribution >= 0.6 is 0 Å². The minimum atomic E-state index is 0.730. The highest BCUT2D eigenvalue weighted by atomic mass is 15.3. The van der Waals surface area contributed by atoms with Crippen molar-refractivity contribution in [2.45, 2.75) is 26.7 Å². The van der Waals surface area contributed by atoms with Gasteiger partial charge < -0.3 is 5.32 Å². The van der Waals surface area contributed by atoms with Crippen LogP contribution in [0.2, 0.25) is 0 Å². The molecule has 1 N–H and O–H groups in total. The maximum absolute atomic E-state index is 4.55. The molecular formula is C13H19N5. The Hall–Kier alpha value is -1.91. The van der Waals surface area contributed by atoms with E-state index in [9.17, 15) is 0 Å². The number of nitrogens with zero attached hydrogens (tertiary/aromatic N) is 4. The lowest BCUT2D eigenvalue weighted by atomic mass is 10.3. The third-order valence-electron chi connectivity index (χ3n) is 2.75. The van der Waals surface area contributed by atoms with Crippen LogP contribution in [0.1, 0.15) is 26.0 Å². The molecule has 0 spiro atoms. The van der Waals surface area contributed by atoms with Gasteiger partial charge in [-0.05, 0) is 18.9 Å². The molecule has 0 saturated heterocycles. The van der Waals surface area contributed by atoms with Gasteiger partial charge >= 0.3 is 0 Å². The maximum atomic E-state index is 4.55. The lowest BCUT2D eigenvalue weighted by Crippen LogP contribution is -2.06. The van der Waals surface area contributed by atoms with Gasteiger partial charge in [0.05, 0.1) is 0 Å². The van der Waals surface area contributed by atoms with Crippen molar-refractivity contribution >= 4 is 5.82 Å². The first-order valence-corrected chi connectivity index (χ1v) is 6.34. The number of rotatable bonds is 5. The molecule has 0 saturated carbocycles. The normalized spacial score (nSPS) is 10.6. The third kappa shape index (κ3) is 2.67. The van der Waals surface area contributed by atoms with Crippen LogP contribution in [0, 0.1) is 0 Å². The van der Waals surface area contributed by atoms with Crippen LogP contribution < -0.4 is 5.32 Å². The van der Waals surface area contributed by atoms with E-state index in [2.05, 4.69) is 34.2 Å². The predicted molar refractivity (Wildman–Crippen MR) is 72.4 cm³/mol. The van der Waals surface area contributed by atoms with Crippen LogP contribution in [0.15, 0.2) is 18.3 Å². The number of aromatic nitrogens is 4. The van der Waals surface area contributed by atoms with Crippen LogP contribution in [0.3, 0.4) is 0 Å². The molecule has 0 aliphatic carbocycles.